The number of carbonyl (C=O) groups excluding carboxylic acids is 2. The van der Waals surface area contributed by atoms with Gasteiger partial charge in [-0.25, -0.2) is 5.01 Å². The van der Waals surface area contributed by atoms with Crippen molar-refractivity contribution in [1.29, 1.82) is 0 Å². The zero-order valence-electron chi connectivity index (χ0n) is 7.48. The summed E-state index contributed by atoms with van der Waals surface area (Å²) >= 11 is 4.85. The van der Waals surface area contributed by atoms with E-state index < -0.39 is 0 Å². The van der Waals surface area contributed by atoms with Gasteiger partial charge in [0.15, 0.2) is 0 Å². The van der Waals surface area contributed by atoms with Crippen LogP contribution in [0.5, 0.6) is 0 Å². The van der Waals surface area contributed by atoms with Crippen LogP contribution in [0.25, 0.3) is 0 Å². The molecule has 0 atom stereocenters. The highest BCUT2D eigenvalue weighted by Gasteiger charge is 2.21. The van der Waals surface area contributed by atoms with E-state index in [9.17, 15) is 9.59 Å². The highest BCUT2D eigenvalue weighted by molar-refractivity contribution is 7.80. The summed E-state index contributed by atoms with van der Waals surface area (Å²) in [4.78, 5) is 22.9. The summed E-state index contributed by atoms with van der Waals surface area (Å²) in [6.07, 6.45) is 3.36. The maximum absolute atomic E-state index is 11.3. The van der Waals surface area contributed by atoms with Gasteiger partial charge in [0.05, 0.1) is 6.42 Å². The SMILES string of the molecule is CC(=O)N(C)N1C=CC(=S)CC1=O. The minimum absolute atomic E-state index is 0.176. The number of nitrogens with zero attached hydrogens (tertiary/aromatic N) is 2. The summed E-state index contributed by atoms with van der Waals surface area (Å²) < 4.78 is 0. The van der Waals surface area contributed by atoms with Crippen LogP contribution >= 0.6 is 12.2 Å². The van der Waals surface area contributed by atoms with Crippen LogP contribution < -0.4 is 0 Å². The summed E-state index contributed by atoms with van der Waals surface area (Å²) in [7, 11) is 1.54. The molecule has 0 fully saturated rings. The van der Waals surface area contributed by atoms with Crippen LogP contribution in [0.2, 0.25) is 0 Å². The maximum atomic E-state index is 11.3. The first-order chi connectivity index (χ1) is 6.02. The van der Waals surface area contributed by atoms with Gasteiger partial charge in [-0.1, -0.05) is 12.2 Å². The Morgan fingerprint density at radius 1 is 1.69 bits per heavy atom. The van der Waals surface area contributed by atoms with Gasteiger partial charge in [0.2, 0.25) is 5.91 Å². The number of hydrazine groups is 1. The van der Waals surface area contributed by atoms with Crippen molar-refractivity contribution in [3.63, 3.8) is 0 Å². The fourth-order valence-electron chi connectivity index (χ4n) is 0.945. The molecule has 5 heteroatoms. The van der Waals surface area contributed by atoms with Gasteiger partial charge >= 0.3 is 0 Å². The molecule has 1 rings (SSSR count). The lowest BCUT2D eigenvalue weighted by atomic mass is 10.2. The third-order valence-corrected chi connectivity index (χ3v) is 2.04. The molecular weight excluding hydrogens is 188 g/mol. The largest absolute Gasteiger partial charge is 0.273 e. The molecule has 4 nitrogen and oxygen atoms in total. The maximum Gasteiger partial charge on any atom is 0.250 e. The average Bonchev–Trinajstić information content (AvgIpc) is 2.03. The molecule has 0 radical (unpaired) electrons. The number of amides is 2. The molecule has 0 saturated heterocycles. The zero-order valence-corrected chi connectivity index (χ0v) is 8.30. The van der Waals surface area contributed by atoms with Crippen LogP contribution in [0.1, 0.15) is 13.3 Å². The van der Waals surface area contributed by atoms with Crippen molar-refractivity contribution in [3.8, 4) is 0 Å². The normalized spacial score (nSPS) is 16.3. The number of thiocarbonyl (C=S) groups is 1. The molecule has 13 heavy (non-hydrogen) atoms. The molecule has 0 bridgehead atoms. The van der Waals surface area contributed by atoms with E-state index in [1.54, 1.807) is 13.1 Å². The van der Waals surface area contributed by atoms with E-state index in [1.807, 2.05) is 0 Å². The lowest BCUT2D eigenvalue weighted by Crippen LogP contribution is -2.45. The fraction of sp³-hybridized carbons (Fsp3) is 0.375. The van der Waals surface area contributed by atoms with E-state index in [4.69, 9.17) is 12.2 Å². The van der Waals surface area contributed by atoms with Crippen molar-refractivity contribution >= 4 is 28.9 Å². The van der Waals surface area contributed by atoms with E-state index in [0.717, 1.165) is 0 Å². The van der Waals surface area contributed by atoms with Gasteiger partial charge in [0.1, 0.15) is 0 Å². The Balaban J connectivity index is 2.81. The standard InChI is InChI=1S/C8H10N2O2S/c1-6(11)9(2)10-4-3-7(13)5-8(10)12/h3-4H,5H2,1-2H3. The van der Waals surface area contributed by atoms with Crippen molar-refractivity contribution < 1.29 is 9.59 Å². The van der Waals surface area contributed by atoms with Gasteiger partial charge in [0.25, 0.3) is 5.91 Å². The van der Waals surface area contributed by atoms with Crippen molar-refractivity contribution in [2.24, 2.45) is 0 Å². The molecule has 0 unspecified atom stereocenters. The van der Waals surface area contributed by atoms with E-state index in [-0.39, 0.29) is 18.2 Å². The summed E-state index contributed by atoms with van der Waals surface area (Å²) in [6.45, 7) is 1.40. The van der Waals surface area contributed by atoms with Crippen LogP contribution in [-0.2, 0) is 9.59 Å². The second-order valence-electron chi connectivity index (χ2n) is 2.74. The van der Waals surface area contributed by atoms with Crippen LogP contribution in [0.3, 0.4) is 0 Å². The summed E-state index contributed by atoms with van der Waals surface area (Å²) in [5.41, 5.74) is 0. The highest BCUT2D eigenvalue weighted by Crippen LogP contribution is 2.08. The van der Waals surface area contributed by atoms with Crippen molar-refractivity contribution in [2.75, 3.05) is 7.05 Å². The van der Waals surface area contributed by atoms with Crippen LogP contribution in [-0.4, -0.2) is 33.7 Å². The van der Waals surface area contributed by atoms with Crippen molar-refractivity contribution in [2.45, 2.75) is 13.3 Å². The first-order valence-electron chi connectivity index (χ1n) is 3.79. The zero-order chi connectivity index (χ0) is 10.0. The highest BCUT2D eigenvalue weighted by atomic mass is 32.1. The van der Waals surface area contributed by atoms with Crippen molar-refractivity contribution in [1.82, 2.24) is 10.0 Å². The second-order valence-corrected chi connectivity index (χ2v) is 3.26. The predicted octanol–water partition coefficient (Wildman–Crippen LogP) is 0.496. The lowest BCUT2D eigenvalue weighted by Gasteiger charge is -2.29. The van der Waals surface area contributed by atoms with Crippen LogP contribution in [0.15, 0.2) is 12.3 Å². The van der Waals surface area contributed by atoms with Gasteiger partial charge in [0, 0.05) is 25.0 Å². The molecule has 1 aliphatic rings. The second kappa shape index (κ2) is 3.66. The monoisotopic (exact) mass is 198 g/mol. The molecule has 0 aromatic carbocycles. The molecule has 0 saturated carbocycles. The number of allylic oxidation sites excluding steroid dienone is 1. The molecule has 0 aliphatic carbocycles. The topological polar surface area (TPSA) is 40.6 Å². The predicted molar refractivity (Wildman–Crippen MR) is 51.6 cm³/mol. The fourth-order valence-corrected chi connectivity index (χ4v) is 1.13. The Bertz CT molecular complexity index is 299. The first kappa shape index (κ1) is 9.85. The Hall–Kier alpha value is -1.23. The third kappa shape index (κ3) is 2.12. The van der Waals surface area contributed by atoms with Crippen LogP contribution in [0.4, 0.5) is 0 Å². The van der Waals surface area contributed by atoms with E-state index in [1.165, 1.54) is 23.1 Å². The molecule has 0 N–H and O–H groups in total. The lowest BCUT2D eigenvalue weighted by molar-refractivity contribution is -0.153. The van der Waals surface area contributed by atoms with Gasteiger partial charge in [-0.3, -0.25) is 14.6 Å². The van der Waals surface area contributed by atoms with Crippen LogP contribution in [0, 0.1) is 0 Å². The first-order valence-corrected chi connectivity index (χ1v) is 4.20. The molecule has 1 aliphatic heterocycles. The summed E-state index contributed by atoms with van der Waals surface area (Å²) in [6, 6.07) is 0. The molecular formula is C8H10N2O2S. The number of hydrogen-bond acceptors (Lipinski definition) is 3. The molecule has 2 amide bonds. The van der Waals surface area contributed by atoms with E-state index in [2.05, 4.69) is 0 Å². The Morgan fingerprint density at radius 2 is 2.31 bits per heavy atom. The number of hydrogen-bond donors (Lipinski definition) is 0. The van der Waals surface area contributed by atoms with E-state index in [0.29, 0.717) is 4.86 Å². The average molecular weight is 198 g/mol. The number of rotatable bonds is 1. The number of carbonyl (C=O) groups is 2. The Labute approximate surface area is 81.8 Å². The minimum Gasteiger partial charge on any atom is -0.273 e. The quantitative estimate of drug-likeness (QED) is 0.576. The Morgan fingerprint density at radius 3 is 2.77 bits per heavy atom. The van der Waals surface area contributed by atoms with Gasteiger partial charge < -0.3 is 0 Å². The summed E-state index contributed by atoms with van der Waals surface area (Å²) in [5.74, 6) is -0.365. The molecule has 70 valence electrons. The smallest absolute Gasteiger partial charge is 0.250 e. The molecule has 1 heterocycles. The Kier molecular flexibility index (Phi) is 2.77. The molecule has 0 aromatic heterocycles. The van der Waals surface area contributed by atoms with E-state index >= 15 is 0 Å². The van der Waals surface area contributed by atoms with Crippen molar-refractivity contribution in [3.05, 3.63) is 12.3 Å². The molecule has 0 aromatic rings. The minimum atomic E-state index is -0.189. The van der Waals surface area contributed by atoms with Gasteiger partial charge in [-0.05, 0) is 6.08 Å². The van der Waals surface area contributed by atoms with Gasteiger partial charge in [-0.15, -0.1) is 0 Å². The molecule has 0 spiro atoms. The summed E-state index contributed by atoms with van der Waals surface area (Å²) in [5, 5.41) is 2.51. The third-order valence-electron chi connectivity index (χ3n) is 1.76. The van der Waals surface area contributed by atoms with Gasteiger partial charge in [-0.2, -0.15) is 0 Å².